The maximum Gasteiger partial charge on any atom is 0.229 e. The summed E-state index contributed by atoms with van der Waals surface area (Å²) in [6.45, 7) is 5.48. The van der Waals surface area contributed by atoms with Crippen molar-refractivity contribution in [3.63, 3.8) is 0 Å². The molecule has 132 valence electrons. The number of rotatable bonds is 5. The van der Waals surface area contributed by atoms with E-state index in [1.165, 1.54) is 12.5 Å². The molecule has 0 spiro atoms. The predicted molar refractivity (Wildman–Crippen MR) is 105 cm³/mol. The Hall–Kier alpha value is -3.41. The number of nitrogens with zero attached hydrogens (tertiary/aromatic N) is 2. The molecule has 0 aliphatic rings. The highest BCUT2D eigenvalue weighted by molar-refractivity contribution is 5.89. The molecule has 0 saturated heterocycles. The Balaban J connectivity index is 1.80. The highest BCUT2D eigenvalue weighted by Crippen LogP contribution is 2.22. The van der Waals surface area contributed by atoms with Crippen LogP contribution in [0.25, 0.3) is 0 Å². The van der Waals surface area contributed by atoms with Crippen molar-refractivity contribution >= 4 is 34.7 Å². The molecule has 6 nitrogen and oxygen atoms in total. The van der Waals surface area contributed by atoms with E-state index >= 15 is 0 Å². The van der Waals surface area contributed by atoms with Crippen molar-refractivity contribution in [3.8, 4) is 0 Å². The molecule has 0 saturated carbocycles. The molecule has 0 fully saturated rings. The van der Waals surface area contributed by atoms with E-state index in [4.69, 9.17) is 0 Å². The van der Waals surface area contributed by atoms with Crippen LogP contribution in [0.2, 0.25) is 0 Å². The molecule has 3 N–H and O–H groups in total. The number of aromatic nitrogens is 2. The minimum atomic E-state index is -0.113. The molecule has 1 aromatic heterocycles. The van der Waals surface area contributed by atoms with Crippen LogP contribution in [0.4, 0.5) is 28.8 Å². The molecule has 0 bridgehead atoms. The van der Waals surface area contributed by atoms with Gasteiger partial charge in [-0.2, -0.15) is 4.98 Å². The average Bonchev–Trinajstić information content (AvgIpc) is 2.58. The van der Waals surface area contributed by atoms with Crippen LogP contribution >= 0.6 is 0 Å². The second-order valence-electron chi connectivity index (χ2n) is 6.11. The van der Waals surface area contributed by atoms with E-state index in [0.29, 0.717) is 11.6 Å². The van der Waals surface area contributed by atoms with Gasteiger partial charge in [0, 0.05) is 35.7 Å². The SMILES string of the molecule is CC(=O)Nc1cccc(Nc2ncc(C)c(Nc3cccc(C)c3)n2)c1. The average molecular weight is 347 g/mol. The van der Waals surface area contributed by atoms with Gasteiger partial charge in [-0.25, -0.2) is 4.98 Å². The molecular weight excluding hydrogens is 326 g/mol. The van der Waals surface area contributed by atoms with Crippen molar-refractivity contribution in [2.45, 2.75) is 20.8 Å². The topological polar surface area (TPSA) is 78.9 Å². The monoisotopic (exact) mass is 347 g/mol. The third-order valence-corrected chi connectivity index (χ3v) is 3.69. The number of hydrogen-bond donors (Lipinski definition) is 3. The fourth-order valence-corrected chi connectivity index (χ4v) is 2.50. The lowest BCUT2D eigenvalue weighted by Gasteiger charge is -2.12. The van der Waals surface area contributed by atoms with E-state index in [1.807, 2.05) is 56.3 Å². The Morgan fingerprint density at radius 3 is 2.35 bits per heavy atom. The molecule has 2 aromatic carbocycles. The van der Waals surface area contributed by atoms with Gasteiger partial charge >= 0.3 is 0 Å². The molecule has 0 aliphatic carbocycles. The van der Waals surface area contributed by atoms with Gasteiger partial charge in [0.25, 0.3) is 0 Å². The van der Waals surface area contributed by atoms with E-state index in [-0.39, 0.29) is 5.91 Å². The van der Waals surface area contributed by atoms with Crippen molar-refractivity contribution in [1.29, 1.82) is 0 Å². The van der Waals surface area contributed by atoms with Gasteiger partial charge in [-0.1, -0.05) is 18.2 Å². The minimum absolute atomic E-state index is 0.113. The molecule has 26 heavy (non-hydrogen) atoms. The third kappa shape index (κ3) is 4.57. The Labute approximate surface area is 152 Å². The molecule has 0 radical (unpaired) electrons. The smallest absolute Gasteiger partial charge is 0.229 e. The van der Waals surface area contributed by atoms with Gasteiger partial charge in [0.1, 0.15) is 5.82 Å². The first-order chi connectivity index (χ1) is 12.5. The van der Waals surface area contributed by atoms with Crippen LogP contribution in [-0.2, 0) is 4.79 Å². The van der Waals surface area contributed by atoms with Gasteiger partial charge in [0.2, 0.25) is 11.9 Å². The summed E-state index contributed by atoms with van der Waals surface area (Å²) in [6, 6.07) is 15.5. The van der Waals surface area contributed by atoms with Gasteiger partial charge < -0.3 is 16.0 Å². The summed E-state index contributed by atoms with van der Waals surface area (Å²) in [6.07, 6.45) is 1.77. The first-order valence-corrected chi connectivity index (χ1v) is 8.31. The summed E-state index contributed by atoms with van der Waals surface area (Å²) < 4.78 is 0. The van der Waals surface area contributed by atoms with Crippen LogP contribution in [0.15, 0.2) is 54.7 Å². The normalized spacial score (nSPS) is 10.3. The lowest BCUT2D eigenvalue weighted by molar-refractivity contribution is -0.114. The fraction of sp³-hybridized carbons (Fsp3) is 0.150. The number of anilines is 5. The molecule has 1 heterocycles. The highest BCUT2D eigenvalue weighted by Gasteiger charge is 2.06. The highest BCUT2D eigenvalue weighted by atomic mass is 16.1. The Bertz CT molecular complexity index is 939. The van der Waals surface area contributed by atoms with Crippen LogP contribution in [-0.4, -0.2) is 15.9 Å². The van der Waals surface area contributed by atoms with Gasteiger partial charge in [0.15, 0.2) is 0 Å². The minimum Gasteiger partial charge on any atom is -0.340 e. The maximum atomic E-state index is 11.2. The fourth-order valence-electron chi connectivity index (χ4n) is 2.50. The van der Waals surface area contributed by atoms with Crippen LogP contribution in [0.1, 0.15) is 18.1 Å². The number of carbonyl (C=O) groups excluding carboxylic acids is 1. The van der Waals surface area contributed by atoms with Crippen LogP contribution in [0.5, 0.6) is 0 Å². The number of nitrogens with one attached hydrogen (secondary N) is 3. The third-order valence-electron chi connectivity index (χ3n) is 3.69. The predicted octanol–water partition coefficient (Wildman–Crippen LogP) is 4.54. The van der Waals surface area contributed by atoms with Crippen molar-refractivity contribution in [1.82, 2.24) is 9.97 Å². The number of hydrogen-bond acceptors (Lipinski definition) is 5. The molecule has 3 rings (SSSR count). The lowest BCUT2D eigenvalue weighted by Crippen LogP contribution is -2.06. The van der Waals surface area contributed by atoms with Crippen molar-refractivity contribution in [2.75, 3.05) is 16.0 Å². The van der Waals surface area contributed by atoms with Gasteiger partial charge in [0.05, 0.1) is 0 Å². The Morgan fingerprint density at radius 2 is 1.62 bits per heavy atom. The van der Waals surface area contributed by atoms with E-state index in [1.54, 1.807) is 6.20 Å². The van der Waals surface area contributed by atoms with Crippen LogP contribution in [0, 0.1) is 13.8 Å². The molecule has 0 atom stereocenters. The van der Waals surface area contributed by atoms with Gasteiger partial charge in [-0.3, -0.25) is 4.79 Å². The van der Waals surface area contributed by atoms with Crippen molar-refractivity contribution in [2.24, 2.45) is 0 Å². The quantitative estimate of drug-likeness (QED) is 0.631. The summed E-state index contributed by atoms with van der Waals surface area (Å²) in [5.74, 6) is 1.11. The second kappa shape index (κ2) is 7.65. The molecule has 1 amide bonds. The second-order valence-corrected chi connectivity index (χ2v) is 6.11. The first kappa shape index (κ1) is 17.4. The summed E-state index contributed by atoms with van der Waals surface area (Å²) in [5, 5.41) is 9.25. The Kier molecular flexibility index (Phi) is 5.12. The lowest BCUT2D eigenvalue weighted by atomic mass is 10.2. The number of aryl methyl sites for hydroxylation is 2. The number of amides is 1. The number of benzene rings is 2. The van der Waals surface area contributed by atoms with Crippen molar-refractivity contribution < 1.29 is 4.79 Å². The maximum absolute atomic E-state index is 11.2. The van der Waals surface area contributed by atoms with Crippen molar-refractivity contribution in [3.05, 3.63) is 65.9 Å². The standard InChI is InChI=1S/C20H21N5O/c1-13-6-4-7-16(10-13)23-19-14(2)12-21-20(25-19)24-18-9-5-8-17(11-18)22-15(3)26/h4-12H,1-3H3,(H,22,26)(H2,21,23,24,25). The van der Waals surface area contributed by atoms with E-state index in [0.717, 1.165) is 22.8 Å². The van der Waals surface area contributed by atoms with E-state index in [2.05, 4.69) is 32.0 Å². The first-order valence-electron chi connectivity index (χ1n) is 8.31. The van der Waals surface area contributed by atoms with Gasteiger partial charge in [-0.15, -0.1) is 0 Å². The summed E-state index contributed by atoms with van der Waals surface area (Å²) in [7, 11) is 0. The molecule has 0 aliphatic heterocycles. The van der Waals surface area contributed by atoms with E-state index in [9.17, 15) is 4.79 Å². The molecule has 6 heteroatoms. The zero-order valence-corrected chi connectivity index (χ0v) is 15.0. The largest absolute Gasteiger partial charge is 0.340 e. The van der Waals surface area contributed by atoms with Crippen LogP contribution in [0.3, 0.4) is 0 Å². The summed E-state index contributed by atoms with van der Waals surface area (Å²) in [4.78, 5) is 20.1. The summed E-state index contributed by atoms with van der Waals surface area (Å²) >= 11 is 0. The zero-order valence-electron chi connectivity index (χ0n) is 15.0. The van der Waals surface area contributed by atoms with Crippen LogP contribution < -0.4 is 16.0 Å². The number of carbonyl (C=O) groups is 1. The molecule has 0 unspecified atom stereocenters. The Morgan fingerprint density at radius 1 is 0.923 bits per heavy atom. The summed E-state index contributed by atoms with van der Waals surface area (Å²) in [5.41, 5.74) is 4.61. The zero-order chi connectivity index (χ0) is 18.5. The molecule has 3 aromatic rings. The van der Waals surface area contributed by atoms with E-state index < -0.39 is 0 Å². The van der Waals surface area contributed by atoms with Gasteiger partial charge in [-0.05, 0) is 49.7 Å². The molecular formula is C20H21N5O.